The van der Waals surface area contributed by atoms with E-state index in [9.17, 15) is 22.8 Å². The van der Waals surface area contributed by atoms with Crippen molar-refractivity contribution in [3.8, 4) is 0 Å². The highest BCUT2D eigenvalue weighted by molar-refractivity contribution is 6.01. The van der Waals surface area contributed by atoms with E-state index in [1.54, 1.807) is 9.80 Å². The number of rotatable bonds is 3. The van der Waals surface area contributed by atoms with Gasteiger partial charge in [-0.05, 0) is 49.6 Å². The largest absolute Gasteiger partial charge is 0.417 e. The maximum Gasteiger partial charge on any atom is 0.417 e. The van der Waals surface area contributed by atoms with Crippen LogP contribution < -0.4 is 9.80 Å². The highest BCUT2D eigenvalue weighted by atomic mass is 19.4. The van der Waals surface area contributed by atoms with Crippen molar-refractivity contribution in [2.24, 2.45) is 5.92 Å². The number of halogens is 3. The fourth-order valence-corrected chi connectivity index (χ4v) is 4.50. The second kappa shape index (κ2) is 9.03. The first-order valence-corrected chi connectivity index (χ1v) is 11.1. The van der Waals surface area contributed by atoms with Crippen LogP contribution in [0.3, 0.4) is 0 Å². The number of benzene rings is 1. The van der Waals surface area contributed by atoms with E-state index in [1.165, 1.54) is 6.07 Å². The number of aryl methyl sites for hydroxylation is 1. The van der Waals surface area contributed by atoms with E-state index in [4.69, 9.17) is 0 Å². The lowest BCUT2D eigenvalue weighted by molar-refractivity contribution is -0.138. The van der Waals surface area contributed by atoms with Crippen molar-refractivity contribution in [2.45, 2.75) is 32.9 Å². The minimum absolute atomic E-state index is 0.0432. The maximum absolute atomic E-state index is 13.2. The fourth-order valence-electron chi connectivity index (χ4n) is 4.50. The third-order valence-corrected chi connectivity index (χ3v) is 6.55. The molecule has 3 heterocycles. The smallest absolute Gasteiger partial charge is 0.355 e. The van der Waals surface area contributed by atoms with Crippen LogP contribution in [0.4, 0.5) is 24.7 Å². The van der Waals surface area contributed by atoms with Gasteiger partial charge in [-0.25, -0.2) is 4.98 Å². The molecule has 2 fully saturated rings. The number of carbonyl (C=O) groups is 2. The Morgan fingerprint density at radius 1 is 1.06 bits per heavy atom. The van der Waals surface area contributed by atoms with Gasteiger partial charge in [0.05, 0.1) is 11.5 Å². The van der Waals surface area contributed by atoms with E-state index in [0.717, 1.165) is 29.1 Å². The van der Waals surface area contributed by atoms with E-state index in [1.807, 2.05) is 36.9 Å². The zero-order chi connectivity index (χ0) is 23.8. The van der Waals surface area contributed by atoms with Crippen molar-refractivity contribution >= 4 is 23.3 Å². The van der Waals surface area contributed by atoms with Gasteiger partial charge in [0.25, 0.3) is 0 Å². The first-order valence-electron chi connectivity index (χ1n) is 11.1. The number of hydrogen-bond acceptors (Lipinski definition) is 4. The number of anilines is 2. The molecule has 2 aliphatic rings. The Hall–Kier alpha value is -3.10. The summed E-state index contributed by atoms with van der Waals surface area (Å²) in [6.45, 7) is 6.40. The molecule has 176 valence electrons. The zero-order valence-electron chi connectivity index (χ0n) is 18.7. The summed E-state index contributed by atoms with van der Waals surface area (Å²) in [6.07, 6.45) is -2.71. The van der Waals surface area contributed by atoms with Crippen LogP contribution in [0.2, 0.25) is 0 Å². The molecule has 1 aromatic carbocycles. The molecule has 0 unspecified atom stereocenters. The molecule has 2 amide bonds. The molecule has 0 radical (unpaired) electrons. The average Bonchev–Trinajstić information content (AvgIpc) is 3.00. The molecular weight excluding hydrogens is 433 g/mol. The number of pyridine rings is 1. The summed E-state index contributed by atoms with van der Waals surface area (Å²) in [5, 5.41) is 0. The van der Waals surface area contributed by atoms with E-state index in [2.05, 4.69) is 4.98 Å². The van der Waals surface area contributed by atoms with E-state index < -0.39 is 17.7 Å². The summed E-state index contributed by atoms with van der Waals surface area (Å²) < 4.78 is 38.4. The van der Waals surface area contributed by atoms with Crippen LogP contribution in [0, 0.1) is 19.8 Å². The highest BCUT2D eigenvalue weighted by Gasteiger charge is 2.38. The Balaban J connectivity index is 1.40. The molecule has 2 aromatic rings. The molecule has 9 heteroatoms. The van der Waals surface area contributed by atoms with Gasteiger partial charge < -0.3 is 14.7 Å². The first-order chi connectivity index (χ1) is 15.6. The molecule has 2 saturated heterocycles. The van der Waals surface area contributed by atoms with E-state index in [0.29, 0.717) is 45.0 Å². The number of carbonyl (C=O) groups excluding carboxylic acids is 2. The van der Waals surface area contributed by atoms with Crippen LogP contribution in [0.5, 0.6) is 0 Å². The van der Waals surface area contributed by atoms with Gasteiger partial charge in [0, 0.05) is 51.0 Å². The molecule has 0 spiro atoms. The third kappa shape index (κ3) is 4.82. The molecule has 0 aliphatic carbocycles. The van der Waals surface area contributed by atoms with Crippen molar-refractivity contribution in [3.63, 3.8) is 0 Å². The van der Waals surface area contributed by atoms with Crippen LogP contribution in [-0.4, -0.2) is 54.4 Å². The lowest BCUT2D eigenvalue weighted by Crippen LogP contribution is -2.40. The molecule has 2 aliphatic heterocycles. The molecule has 6 nitrogen and oxygen atoms in total. The number of hydrogen-bond donors (Lipinski definition) is 0. The van der Waals surface area contributed by atoms with Gasteiger partial charge in [-0.15, -0.1) is 0 Å². The predicted octanol–water partition coefficient (Wildman–Crippen LogP) is 3.81. The van der Waals surface area contributed by atoms with Gasteiger partial charge in [-0.3, -0.25) is 9.59 Å². The fraction of sp³-hybridized carbons (Fsp3) is 0.458. The second-order valence-corrected chi connectivity index (χ2v) is 8.69. The van der Waals surface area contributed by atoms with Crippen molar-refractivity contribution in [1.82, 2.24) is 9.88 Å². The van der Waals surface area contributed by atoms with Crippen LogP contribution in [0.15, 0.2) is 36.5 Å². The Morgan fingerprint density at radius 2 is 1.85 bits per heavy atom. The minimum Gasteiger partial charge on any atom is -0.355 e. The summed E-state index contributed by atoms with van der Waals surface area (Å²) in [5.74, 6) is -0.0200. The normalized spacial score (nSPS) is 19.7. The van der Waals surface area contributed by atoms with Gasteiger partial charge in [0.2, 0.25) is 11.8 Å². The van der Waals surface area contributed by atoms with Crippen molar-refractivity contribution in [2.75, 3.05) is 42.5 Å². The Kier molecular flexibility index (Phi) is 6.32. The summed E-state index contributed by atoms with van der Waals surface area (Å²) in [5.41, 5.74) is 2.20. The molecular formula is C24H27F3N4O2. The Bertz CT molecular complexity index is 1040. The molecule has 0 saturated carbocycles. The first kappa shape index (κ1) is 23.1. The minimum atomic E-state index is -4.42. The SMILES string of the molecule is Cc1cccc(N2C[C@@H](C(=O)N3CCCN(c4ccc(C(F)(F)F)cn4)CC3)CC2=O)c1C. The van der Waals surface area contributed by atoms with Crippen LogP contribution in [0.25, 0.3) is 0 Å². The van der Waals surface area contributed by atoms with Crippen LogP contribution in [-0.2, 0) is 15.8 Å². The van der Waals surface area contributed by atoms with Gasteiger partial charge in [-0.1, -0.05) is 12.1 Å². The Morgan fingerprint density at radius 3 is 2.55 bits per heavy atom. The van der Waals surface area contributed by atoms with E-state index in [-0.39, 0.29) is 18.2 Å². The monoisotopic (exact) mass is 460 g/mol. The zero-order valence-corrected chi connectivity index (χ0v) is 18.7. The lowest BCUT2D eigenvalue weighted by atomic mass is 10.1. The van der Waals surface area contributed by atoms with Crippen molar-refractivity contribution in [1.29, 1.82) is 0 Å². The number of aromatic nitrogens is 1. The molecule has 1 atom stereocenters. The molecule has 0 bridgehead atoms. The van der Waals surface area contributed by atoms with Crippen molar-refractivity contribution < 1.29 is 22.8 Å². The molecule has 0 N–H and O–H groups in total. The van der Waals surface area contributed by atoms with Gasteiger partial charge in [-0.2, -0.15) is 13.2 Å². The average molecular weight is 461 g/mol. The Labute approximate surface area is 191 Å². The maximum atomic E-state index is 13.2. The second-order valence-electron chi connectivity index (χ2n) is 8.69. The lowest BCUT2D eigenvalue weighted by Gasteiger charge is -2.25. The number of alkyl halides is 3. The standard InChI is InChI=1S/C24H27F3N4O2/c1-16-5-3-6-20(17(16)2)31-15-18(13-22(31)32)23(33)30-10-4-9-29(11-12-30)21-8-7-19(14-28-21)24(25,26)27/h3,5-8,14,18H,4,9-13,15H2,1-2H3/t18-/m0/s1. The topological polar surface area (TPSA) is 56.8 Å². The summed E-state index contributed by atoms with van der Waals surface area (Å²) in [7, 11) is 0. The van der Waals surface area contributed by atoms with Crippen LogP contribution >= 0.6 is 0 Å². The predicted molar refractivity (Wildman–Crippen MR) is 119 cm³/mol. The summed E-state index contributed by atoms with van der Waals surface area (Å²) in [6, 6.07) is 8.23. The number of nitrogens with zero attached hydrogens (tertiary/aromatic N) is 4. The summed E-state index contributed by atoms with van der Waals surface area (Å²) in [4.78, 5) is 35.3. The van der Waals surface area contributed by atoms with Gasteiger partial charge in [0.1, 0.15) is 5.82 Å². The van der Waals surface area contributed by atoms with Gasteiger partial charge in [0.15, 0.2) is 0 Å². The van der Waals surface area contributed by atoms with Crippen molar-refractivity contribution in [3.05, 3.63) is 53.2 Å². The van der Waals surface area contributed by atoms with Gasteiger partial charge >= 0.3 is 6.18 Å². The summed E-state index contributed by atoms with van der Waals surface area (Å²) >= 11 is 0. The van der Waals surface area contributed by atoms with Crippen LogP contribution in [0.1, 0.15) is 29.5 Å². The van der Waals surface area contributed by atoms with E-state index >= 15 is 0 Å². The number of amides is 2. The highest BCUT2D eigenvalue weighted by Crippen LogP contribution is 2.31. The molecule has 4 rings (SSSR count). The third-order valence-electron chi connectivity index (χ3n) is 6.55. The molecule has 33 heavy (non-hydrogen) atoms. The molecule has 1 aromatic heterocycles. The quantitative estimate of drug-likeness (QED) is 0.699.